The van der Waals surface area contributed by atoms with E-state index in [1.165, 1.54) is 51.4 Å². The van der Waals surface area contributed by atoms with Crippen LogP contribution >= 0.6 is 9.03 Å². The SMILES string of the molecule is OPOOCCCCCCCCCCCC12CC3CC(CC(C3)C1)C2. The van der Waals surface area contributed by atoms with Crippen LogP contribution in [0.5, 0.6) is 0 Å². The van der Waals surface area contributed by atoms with E-state index in [0.717, 1.165) is 29.6 Å². The van der Waals surface area contributed by atoms with E-state index in [1.54, 1.807) is 44.9 Å². The second kappa shape index (κ2) is 10.6. The first-order valence-corrected chi connectivity index (χ1v) is 11.8. The molecule has 4 fully saturated rings. The monoisotopic (exact) mass is 370 g/mol. The summed E-state index contributed by atoms with van der Waals surface area (Å²) in [6.07, 6.45) is 23.2. The van der Waals surface area contributed by atoms with Gasteiger partial charge in [0, 0.05) is 0 Å². The van der Waals surface area contributed by atoms with Crippen LogP contribution in [0, 0.1) is 23.2 Å². The van der Waals surface area contributed by atoms with Crippen molar-refractivity contribution in [2.45, 2.75) is 103 Å². The van der Waals surface area contributed by atoms with Gasteiger partial charge in [-0.25, -0.2) is 4.89 Å². The summed E-state index contributed by atoms with van der Waals surface area (Å²) in [5, 5.41) is 0. The Hall–Kier alpha value is 0.310. The average Bonchev–Trinajstić information content (AvgIpc) is 2.58. The van der Waals surface area contributed by atoms with Crippen molar-refractivity contribution >= 4 is 9.03 Å². The van der Waals surface area contributed by atoms with Gasteiger partial charge in [-0.1, -0.05) is 51.4 Å². The van der Waals surface area contributed by atoms with E-state index in [4.69, 9.17) is 9.78 Å². The van der Waals surface area contributed by atoms with Crippen molar-refractivity contribution in [2.75, 3.05) is 6.61 Å². The Balaban J connectivity index is 1.13. The first-order chi connectivity index (χ1) is 12.3. The lowest BCUT2D eigenvalue weighted by Gasteiger charge is -2.57. The Bertz CT molecular complexity index is 339. The molecule has 4 bridgehead atoms. The third kappa shape index (κ3) is 6.45. The Morgan fingerprint density at radius 3 is 1.72 bits per heavy atom. The minimum atomic E-state index is -0.551. The van der Waals surface area contributed by atoms with Gasteiger partial charge < -0.3 is 4.89 Å². The second-order valence-corrected chi connectivity index (χ2v) is 9.70. The number of hydrogen-bond donors (Lipinski definition) is 1. The van der Waals surface area contributed by atoms with Crippen LogP contribution in [0.1, 0.15) is 103 Å². The van der Waals surface area contributed by atoms with Crippen molar-refractivity contribution in [3.05, 3.63) is 0 Å². The molecule has 4 aliphatic rings. The van der Waals surface area contributed by atoms with Gasteiger partial charge in [0.2, 0.25) is 0 Å². The number of rotatable bonds is 14. The summed E-state index contributed by atoms with van der Waals surface area (Å²) in [7, 11) is -0.551. The molecule has 4 heteroatoms. The van der Waals surface area contributed by atoms with Gasteiger partial charge in [0.1, 0.15) is 0 Å². The smallest absolute Gasteiger partial charge is 0.191 e. The minimum absolute atomic E-state index is 0.551. The van der Waals surface area contributed by atoms with Crippen molar-refractivity contribution < 1.29 is 14.5 Å². The molecule has 0 aromatic rings. The van der Waals surface area contributed by atoms with E-state index in [9.17, 15) is 0 Å². The summed E-state index contributed by atoms with van der Waals surface area (Å²) in [6, 6.07) is 0. The van der Waals surface area contributed by atoms with Crippen LogP contribution in [0.15, 0.2) is 0 Å². The van der Waals surface area contributed by atoms with E-state index < -0.39 is 9.03 Å². The summed E-state index contributed by atoms with van der Waals surface area (Å²) in [5.41, 5.74) is 0.803. The topological polar surface area (TPSA) is 38.7 Å². The van der Waals surface area contributed by atoms with Crippen LogP contribution in [0.25, 0.3) is 0 Å². The van der Waals surface area contributed by atoms with E-state index in [1.807, 2.05) is 0 Å². The molecule has 1 N–H and O–H groups in total. The van der Waals surface area contributed by atoms with E-state index in [2.05, 4.69) is 4.67 Å². The van der Waals surface area contributed by atoms with Crippen molar-refractivity contribution in [1.29, 1.82) is 0 Å². The van der Waals surface area contributed by atoms with Crippen LogP contribution < -0.4 is 0 Å². The first kappa shape index (κ1) is 20.1. The summed E-state index contributed by atoms with van der Waals surface area (Å²) in [4.78, 5) is 13.2. The second-order valence-electron chi connectivity index (χ2n) is 9.35. The van der Waals surface area contributed by atoms with E-state index in [-0.39, 0.29) is 0 Å². The summed E-state index contributed by atoms with van der Waals surface area (Å²) >= 11 is 0. The van der Waals surface area contributed by atoms with Crippen molar-refractivity contribution in [3.63, 3.8) is 0 Å². The molecule has 0 heterocycles. The van der Waals surface area contributed by atoms with E-state index >= 15 is 0 Å². The molecule has 0 aromatic carbocycles. The lowest BCUT2D eigenvalue weighted by Crippen LogP contribution is -2.45. The number of unbranched alkanes of at least 4 members (excludes halogenated alkanes) is 8. The molecule has 0 amide bonds. The van der Waals surface area contributed by atoms with Crippen LogP contribution in [-0.4, -0.2) is 11.5 Å². The van der Waals surface area contributed by atoms with Gasteiger partial charge in [-0.05, 0) is 74.5 Å². The molecule has 25 heavy (non-hydrogen) atoms. The van der Waals surface area contributed by atoms with Gasteiger partial charge in [0.15, 0.2) is 9.03 Å². The molecule has 1 unspecified atom stereocenters. The van der Waals surface area contributed by atoms with Crippen LogP contribution in [0.4, 0.5) is 0 Å². The van der Waals surface area contributed by atoms with Gasteiger partial charge in [0.05, 0.1) is 6.61 Å². The zero-order chi connectivity index (χ0) is 17.4. The maximum atomic E-state index is 8.44. The molecular formula is C21H39O3P. The highest BCUT2D eigenvalue weighted by molar-refractivity contribution is 7.24. The fourth-order valence-corrected chi connectivity index (χ4v) is 6.70. The fourth-order valence-electron chi connectivity index (χ4n) is 6.56. The number of hydrogen-bond acceptors (Lipinski definition) is 3. The highest BCUT2D eigenvalue weighted by Gasteiger charge is 2.50. The van der Waals surface area contributed by atoms with Gasteiger partial charge in [-0.15, -0.1) is 0 Å². The van der Waals surface area contributed by atoms with Gasteiger partial charge in [-0.3, -0.25) is 0 Å². The third-order valence-electron chi connectivity index (χ3n) is 7.20. The minimum Gasteiger partial charge on any atom is -0.350 e. The quantitative estimate of drug-likeness (QED) is 0.163. The highest BCUT2D eigenvalue weighted by Crippen LogP contribution is 2.61. The normalized spacial score (nSPS) is 33.7. The van der Waals surface area contributed by atoms with Crippen molar-refractivity contribution in [2.24, 2.45) is 23.2 Å². The third-order valence-corrected chi connectivity index (χ3v) is 7.39. The average molecular weight is 371 g/mol. The van der Waals surface area contributed by atoms with Crippen LogP contribution in [-0.2, 0) is 9.56 Å². The van der Waals surface area contributed by atoms with Gasteiger partial charge in [-0.2, -0.15) is 4.67 Å². The van der Waals surface area contributed by atoms with Gasteiger partial charge >= 0.3 is 0 Å². The predicted octanol–water partition coefficient (Wildman–Crippen LogP) is 6.55. The standard InChI is InChI=1S/C21H39O3P/c22-25-24-23-11-9-7-5-3-1-2-4-6-8-10-21-15-18-12-19(16-21)14-20(13-18)17-21/h18-20,22,25H,1-17H2. The Labute approximate surface area is 156 Å². The zero-order valence-electron chi connectivity index (χ0n) is 16.0. The molecule has 146 valence electrons. The Kier molecular flexibility index (Phi) is 8.50. The van der Waals surface area contributed by atoms with Crippen molar-refractivity contribution in [3.8, 4) is 0 Å². The van der Waals surface area contributed by atoms with Crippen LogP contribution in [0.3, 0.4) is 0 Å². The molecule has 0 spiro atoms. The Morgan fingerprint density at radius 1 is 0.720 bits per heavy atom. The van der Waals surface area contributed by atoms with Crippen LogP contribution in [0.2, 0.25) is 0 Å². The maximum absolute atomic E-state index is 8.44. The predicted molar refractivity (Wildman–Crippen MR) is 104 cm³/mol. The fraction of sp³-hybridized carbons (Fsp3) is 1.00. The molecule has 4 rings (SSSR count). The molecule has 4 saturated carbocycles. The van der Waals surface area contributed by atoms with E-state index in [0.29, 0.717) is 6.61 Å². The molecule has 0 aromatic heterocycles. The molecule has 3 nitrogen and oxygen atoms in total. The molecule has 0 saturated heterocycles. The zero-order valence-corrected chi connectivity index (χ0v) is 17.0. The van der Waals surface area contributed by atoms with Gasteiger partial charge in [0.25, 0.3) is 0 Å². The van der Waals surface area contributed by atoms with Crippen molar-refractivity contribution in [1.82, 2.24) is 0 Å². The highest BCUT2D eigenvalue weighted by atomic mass is 31.1. The Morgan fingerprint density at radius 2 is 1.20 bits per heavy atom. The summed E-state index contributed by atoms with van der Waals surface area (Å²) < 4.78 is 4.48. The molecule has 1 atom stereocenters. The summed E-state index contributed by atoms with van der Waals surface area (Å²) in [5.74, 6) is 3.35. The summed E-state index contributed by atoms with van der Waals surface area (Å²) in [6.45, 7) is 0.609. The lowest BCUT2D eigenvalue weighted by atomic mass is 9.48. The molecule has 0 radical (unpaired) electrons. The maximum Gasteiger partial charge on any atom is 0.191 e. The molecule has 0 aliphatic heterocycles. The lowest BCUT2D eigenvalue weighted by molar-refractivity contribution is -0.202. The first-order valence-electron chi connectivity index (χ1n) is 11.0. The molecular weight excluding hydrogens is 331 g/mol. The molecule has 4 aliphatic carbocycles. The largest absolute Gasteiger partial charge is 0.350 e.